The van der Waals surface area contributed by atoms with E-state index in [2.05, 4.69) is 15.2 Å². The number of benzene rings is 3. The van der Waals surface area contributed by atoms with Crippen molar-refractivity contribution in [2.45, 2.75) is 0 Å². The van der Waals surface area contributed by atoms with E-state index >= 15 is 0 Å². The van der Waals surface area contributed by atoms with Crippen molar-refractivity contribution in [3.8, 4) is 23.0 Å². The summed E-state index contributed by atoms with van der Waals surface area (Å²) in [6.07, 6.45) is 3.78. The van der Waals surface area contributed by atoms with Gasteiger partial charge < -0.3 is 4.74 Å². The number of para-hydroxylation sites is 2. The largest absolute Gasteiger partial charge is 0.497 e. The second-order valence-electron chi connectivity index (χ2n) is 7.08. The molecule has 0 saturated carbocycles. The van der Waals surface area contributed by atoms with Crippen LogP contribution in [0.1, 0.15) is 11.4 Å². The van der Waals surface area contributed by atoms with E-state index in [-0.39, 0.29) is 5.69 Å². The Hall–Kier alpha value is -4.52. The van der Waals surface area contributed by atoms with Crippen LogP contribution in [0.25, 0.3) is 40.3 Å². The summed E-state index contributed by atoms with van der Waals surface area (Å²) in [6, 6.07) is 24.8. The van der Waals surface area contributed by atoms with Gasteiger partial charge in [0.15, 0.2) is 11.6 Å². The topological polar surface area (TPSA) is 85.7 Å². The smallest absolute Gasteiger partial charge is 0.348 e. The Balaban J connectivity index is 1.64. The predicted octanol–water partition coefficient (Wildman–Crippen LogP) is 4.35. The molecule has 156 valence electrons. The van der Waals surface area contributed by atoms with E-state index in [1.54, 1.807) is 7.11 Å². The lowest BCUT2D eigenvalue weighted by atomic mass is 10.1. The van der Waals surface area contributed by atoms with Crippen molar-refractivity contribution in [1.29, 1.82) is 0 Å². The zero-order valence-corrected chi connectivity index (χ0v) is 17.3. The molecule has 0 aliphatic heterocycles. The van der Waals surface area contributed by atoms with Crippen LogP contribution in [0.4, 0.5) is 0 Å². The number of aromatic amines is 1. The predicted molar refractivity (Wildman–Crippen MR) is 125 cm³/mol. The van der Waals surface area contributed by atoms with E-state index < -0.39 is 0 Å². The van der Waals surface area contributed by atoms with Crippen LogP contribution in [0.2, 0.25) is 0 Å². The van der Waals surface area contributed by atoms with E-state index in [4.69, 9.17) is 9.72 Å². The van der Waals surface area contributed by atoms with E-state index in [1.807, 2.05) is 91.0 Å². The molecule has 0 radical (unpaired) electrons. The number of rotatable bonds is 5. The highest BCUT2D eigenvalue weighted by atomic mass is 16.5. The van der Waals surface area contributed by atoms with Crippen molar-refractivity contribution in [2.24, 2.45) is 0 Å². The number of H-pyrrole nitrogens is 1. The van der Waals surface area contributed by atoms with Crippen LogP contribution in [-0.2, 0) is 0 Å². The minimum atomic E-state index is -0.329. The van der Waals surface area contributed by atoms with Crippen molar-refractivity contribution in [3.05, 3.63) is 101 Å². The normalized spacial score (nSPS) is 11.3. The standard InChI is InChI=1S/C25H19N5O2/c1-32-19-14-11-17(12-15-19)13-16-22-26-21-10-6-5-9-20(21)23(27-22)24-28-29-25(31)30(24)18-7-3-2-4-8-18/h2-16H,1H3,(H,29,31)/b16-13+. The minimum Gasteiger partial charge on any atom is -0.497 e. The number of hydrogen-bond acceptors (Lipinski definition) is 5. The first-order valence-corrected chi connectivity index (χ1v) is 10.0. The number of nitrogens with one attached hydrogen (secondary N) is 1. The molecule has 2 aromatic heterocycles. The molecule has 0 aliphatic rings. The van der Waals surface area contributed by atoms with Gasteiger partial charge in [-0.05, 0) is 42.0 Å². The highest BCUT2D eigenvalue weighted by Gasteiger charge is 2.17. The van der Waals surface area contributed by atoms with Crippen molar-refractivity contribution in [1.82, 2.24) is 24.7 Å². The van der Waals surface area contributed by atoms with Crippen LogP contribution < -0.4 is 10.4 Å². The number of methoxy groups -OCH3 is 1. The molecule has 0 aliphatic carbocycles. The molecule has 5 aromatic rings. The summed E-state index contributed by atoms with van der Waals surface area (Å²) in [6.45, 7) is 0. The van der Waals surface area contributed by atoms with E-state index in [9.17, 15) is 4.79 Å². The summed E-state index contributed by atoms with van der Waals surface area (Å²) in [5, 5.41) is 7.65. The van der Waals surface area contributed by atoms with E-state index in [0.29, 0.717) is 23.0 Å². The van der Waals surface area contributed by atoms with Gasteiger partial charge in [-0.15, -0.1) is 0 Å². The second kappa shape index (κ2) is 8.31. The van der Waals surface area contributed by atoms with Crippen LogP contribution in [-0.4, -0.2) is 31.8 Å². The first-order chi connectivity index (χ1) is 15.7. The molecule has 0 atom stereocenters. The Bertz CT molecular complexity index is 1470. The van der Waals surface area contributed by atoms with Gasteiger partial charge in [0.25, 0.3) is 0 Å². The number of hydrogen-bond donors (Lipinski definition) is 1. The summed E-state index contributed by atoms with van der Waals surface area (Å²) in [4.78, 5) is 22.0. The lowest BCUT2D eigenvalue weighted by molar-refractivity contribution is 0.415. The fourth-order valence-corrected chi connectivity index (χ4v) is 3.50. The summed E-state index contributed by atoms with van der Waals surface area (Å²) in [7, 11) is 1.64. The molecular formula is C25H19N5O2. The van der Waals surface area contributed by atoms with Crippen molar-refractivity contribution >= 4 is 23.1 Å². The van der Waals surface area contributed by atoms with Gasteiger partial charge in [-0.1, -0.05) is 54.6 Å². The molecule has 0 bridgehead atoms. The molecule has 0 spiro atoms. The maximum Gasteiger partial charge on any atom is 0.348 e. The lowest BCUT2D eigenvalue weighted by Gasteiger charge is -2.09. The Morgan fingerprint density at radius 1 is 0.875 bits per heavy atom. The Kier molecular flexibility index (Phi) is 5.05. The van der Waals surface area contributed by atoms with Crippen LogP contribution in [0, 0.1) is 0 Å². The minimum absolute atomic E-state index is 0.329. The average Bonchev–Trinajstić information content (AvgIpc) is 3.24. The van der Waals surface area contributed by atoms with Crippen LogP contribution in [0.5, 0.6) is 5.75 Å². The highest BCUT2D eigenvalue weighted by Crippen LogP contribution is 2.26. The van der Waals surface area contributed by atoms with Gasteiger partial charge in [0.2, 0.25) is 0 Å². The van der Waals surface area contributed by atoms with Crippen LogP contribution >= 0.6 is 0 Å². The highest BCUT2D eigenvalue weighted by molar-refractivity contribution is 5.91. The van der Waals surface area contributed by atoms with Gasteiger partial charge >= 0.3 is 5.69 Å². The molecule has 0 amide bonds. The molecule has 32 heavy (non-hydrogen) atoms. The Morgan fingerprint density at radius 2 is 1.62 bits per heavy atom. The van der Waals surface area contributed by atoms with Crippen LogP contribution in [0.3, 0.4) is 0 Å². The summed E-state index contributed by atoms with van der Waals surface area (Å²) in [5.41, 5.74) is 2.71. The van der Waals surface area contributed by atoms with Gasteiger partial charge in [-0.25, -0.2) is 24.4 Å². The average molecular weight is 421 g/mol. The van der Waals surface area contributed by atoms with Gasteiger partial charge in [0.05, 0.1) is 18.3 Å². The first kappa shape index (κ1) is 19.4. The van der Waals surface area contributed by atoms with Gasteiger partial charge in [0.1, 0.15) is 11.4 Å². The SMILES string of the molecule is COc1ccc(/C=C/c2nc(-c3n[nH]c(=O)n3-c3ccccc3)c3ccccc3n2)cc1. The number of nitrogens with zero attached hydrogens (tertiary/aromatic N) is 4. The molecule has 0 unspecified atom stereocenters. The van der Waals surface area contributed by atoms with Crippen LogP contribution in [0.15, 0.2) is 83.7 Å². The second-order valence-corrected chi connectivity index (χ2v) is 7.08. The number of ether oxygens (including phenoxy) is 1. The Morgan fingerprint density at radius 3 is 2.41 bits per heavy atom. The van der Waals surface area contributed by atoms with Crippen molar-refractivity contribution in [3.63, 3.8) is 0 Å². The van der Waals surface area contributed by atoms with Gasteiger partial charge in [0, 0.05) is 5.39 Å². The number of fused-ring (bicyclic) bond motifs is 1. The third-order valence-electron chi connectivity index (χ3n) is 5.06. The molecule has 5 rings (SSSR count). The molecule has 0 saturated heterocycles. The third-order valence-corrected chi connectivity index (χ3v) is 5.06. The summed E-state index contributed by atoms with van der Waals surface area (Å²) >= 11 is 0. The molecule has 7 heteroatoms. The zero-order valence-electron chi connectivity index (χ0n) is 17.3. The molecule has 2 heterocycles. The fraction of sp³-hybridized carbons (Fsp3) is 0.0400. The fourth-order valence-electron chi connectivity index (χ4n) is 3.50. The van der Waals surface area contributed by atoms with E-state index in [0.717, 1.165) is 22.2 Å². The van der Waals surface area contributed by atoms with Gasteiger partial charge in [-0.3, -0.25) is 0 Å². The number of aromatic nitrogens is 5. The lowest BCUT2D eigenvalue weighted by Crippen LogP contribution is -2.16. The Labute approximate surface area is 183 Å². The van der Waals surface area contributed by atoms with Crippen molar-refractivity contribution in [2.75, 3.05) is 7.11 Å². The maximum absolute atomic E-state index is 12.6. The zero-order chi connectivity index (χ0) is 21.9. The third kappa shape index (κ3) is 3.67. The molecule has 1 N–H and O–H groups in total. The molecular weight excluding hydrogens is 402 g/mol. The maximum atomic E-state index is 12.6. The molecule has 0 fully saturated rings. The monoisotopic (exact) mass is 421 g/mol. The first-order valence-electron chi connectivity index (χ1n) is 10.0. The summed E-state index contributed by atoms with van der Waals surface area (Å²) < 4.78 is 6.73. The summed E-state index contributed by atoms with van der Waals surface area (Å²) in [5.74, 6) is 1.74. The molecule has 7 nitrogen and oxygen atoms in total. The van der Waals surface area contributed by atoms with Gasteiger partial charge in [-0.2, -0.15) is 5.10 Å². The quantitative estimate of drug-likeness (QED) is 0.456. The van der Waals surface area contributed by atoms with E-state index in [1.165, 1.54) is 4.57 Å². The van der Waals surface area contributed by atoms with Crippen molar-refractivity contribution < 1.29 is 4.74 Å². The molecule has 3 aromatic carbocycles.